The fraction of sp³-hybridized carbons (Fsp3) is 0.333. The van der Waals surface area contributed by atoms with Gasteiger partial charge in [-0.3, -0.25) is 0 Å². The van der Waals surface area contributed by atoms with Crippen LogP contribution in [0.5, 0.6) is 5.75 Å². The molecule has 1 aromatic carbocycles. The highest BCUT2D eigenvalue weighted by atomic mass is 79.9. The summed E-state index contributed by atoms with van der Waals surface area (Å²) >= 11 is 6.75. The molecule has 0 saturated carbocycles. The molecule has 0 aliphatic rings. The van der Waals surface area contributed by atoms with Crippen molar-refractivity contribution in [1.82, 2.24) is 0 Å². The van der Waals surface area contributed by atoms with Crippen molar-refractivity contribution in [3.05, 3.63) is 26.6 Å². The predicted octanol–water partition coefficient (Wildman–Crippen LogP) is 3.10. The number of aliphatic hydroxyl groups excluding tert-OH is 1. The maximum absolute atomic E-state index is 8.92. The van der Waals surface area contributed by atoms with Crippen molar-refractivity contribution in [3.63, 3.8) is 0 Å². The van der Waals surface area contributed by atoms with Gasteiger partial charge < -0.3 is 9.84 Å². The summed E-state index contributed by atoms with van der Waals surface area (Å²) < 4.78 is 7.10. The number of aliphatic hydroxyl groups is 1. The average Bonchev–Trinajstić information content (AvgIpc) is 2.11. The molecule has 1 aromatic rings. The van der Waals surface area contributed by atoms with Crippen molar-refractivity contribution in [2.45, 2.75) is 13.5 Å². The van der Waals surface area contributed by atoms with Gasteiger partial charge in [0, 0.05) is 0 Å². The summed E-state index contributed by atoms with van der Waals surface area (Å²) in [5.74, 6) is 0.778. The van der Waals surface area contributed by atoms with Gasteiger partial charge in [0.1, 0.15) is 5.75 Å². The highest BCUT2D eigenvalue weighted by Gasteiger charge is 2.07. The van der Waals surface area contributed by atoms with Crippen LogP contribution in [-0.2, 0) is 6.61 Å². The molecule has 0 bridgehead atoms. The Bertz CT molecular complexity index is 277. The average molecular weight is 310 g/mol. The van der Waals surface area contributed by atoms with Crippen LogP contribution in [0.3, 0.4) is 0 Å². The van der Waals surface area contributed by atoms with Crippen LogP contribution >= 0.6 is 31.9 Å². The summed E-state index contributed by atoms with van der Waals surface area (Å²) in [6, 6.07) is 3.69. The molecule has 13 heavy (non-hydrogen) atoms. The van der Waals surface area contributed by atoms with Crippen molar-refractivity contribution in [3.8, 4) is 5.75 Å². The molecule has 0 radical (unpaired) electrons. The predicted molar refractivity (Wildman–Crippen MR) is 58.9 cm³/mol. The van der Waals surface area contributed by atoms with Crippen LogP contribution in [0.4, 0.5) is 0 Å². The van der Waals surface area contributed by atoms with E-state index in [0.717, 1.165) is 20.3 Å². The van der Waals surface area contributed by atoms with E-state index in [1.807, 2.05) is 19.1 Å². The molecular formula is C9H10Br2O2. The van der Waals surface area contributed by atoms with Gasteiger partial charge in [0.05, 0.1) is 22.2 Å². The Hall–Kier alpha value is -0.0600. The van der Waals surface area contributed by atoms with Gasteiger partial charge >= 0.3 is 0 Å². The van der Waals surface area contributed by atoms with Gasteiger partial charge in [0.2, 0.25) is 0 Å². The lowest BCUT2D eigenvalue weighted by Gasteiger charge is -2.09. The van der Waals surface area contributed by atoms with Gasteiger partial charge in [0.15, 0.2) is 0 Å². The molecule has 4 heteroatoms. The Morgan fingerprint density at radius 1 is 1.31 bits per heavy atom. The van der Waals surface area contributed by atoms with Crippen molar-refractivity contribution >= 4 is 31.9 Å². The van der Waals surface area contributed by atoms with E-state index in [1.54, 1.807) is 0 Å². The van der Waals surface area contributed by atoms with Crippen LogP contribution in [-0.4, -0.2) is 11.7 Å². The molecule has 0 atom stereocenters. The minimum atomic E-state index is 0.0314. The summed E-state index contributed by atoms with van der Waals surface area (Å²) in [4.78, 5) is 0. The lowest BCUT2D eigenvalue weighted by Crippen LogP contribution is -1.95. The number of rotatable bonds is 3. The quantitative estimate of drug-likeness (QED) is 0.929. The van der Waals surface area contributed by atoms with Crippen molar-refractivity contribution in [2.24, 2.45) is 0 Å². The third kappa shape index (κ3) is 2.69. The van der Waals surface area contributed by atoms with E-state index in [-0.39, 0.29) is 6.61 Å². The van der Waals surface area contributed by atoms with Gasteiger partial charge in [-0.2, -0.15) is 0 Å². The largest absolute Gasteiger partial charge is 0.492 e. The molecule has 2 nitrogen and oxygen atoms in total. The zero-order chi connectivity index (χ0) is 9.84. The first-order valence-electron chi connectivity index (χ1n) is 3.90. The Kier molecular flexibility index (Phi) is 4.22. The number of halogens is 2. The Balaban J connectivity index is 3.07. The highest BCUT2D eigenvalue weighted by Crippen LogP contribution is 2.34. The van der Waals surface area contributed by atoms with Gasteiger partial charge in [-0.05, 0) is 56.5 Å². The second-order valence-corrected chi connectivity index (χ2v) is 4.19. The standard InChI is InChI=1S/C9H10Br2O2/c1-2-13-9-7(10)3-6(5-12)4-8(9)11/h3-4,12H,2,5H2,1H3. The lowest BCUT2D eigenvalue weighted by atomic mass is 10.2. The van der Waals surface area contributed by atoms with Gasteiger partial charge in [-0.25, -0.2) is 0 Å². The molecule has 0 heterocycles. The first-order valence-corrected chi connectivity index (χ1v) is 5.49. The normalized spacial score (nSPS) is 10.2. The molecule has 0 amide bonds. The van der Waals surface area contributed by atoms with E-state index < -0.39 is 0 Å². The topological polar surface area (TPSA) is 29.5 Å². The van der Waals surface area contributed by atoms with Crippen LogP contribution in [0, 0.1) is 0 Å². The minimum absolute atomic E-state index is 0.0314. The Labute approximate surface area is 94.2 Å². The van der Waals surface area contributed by atoms with Gasteiger partial charge in [-0.1, -0.05) is 0 Å². The van der Waals surface area contributed by atoms with E-state index in [9.17, 15) is 0 Å². The molecule has 0 aliphatic heterocycles. The summed E-state index contributed by atoms with van der Waals surface area (Å²) in [6.45, 7) is 2.58. The van der Waals surface area contributed by atoms with Crippen molar-refractivity contribution in [1.29, 1.82) is 0 Å². The number of hydrogen-bond donors (Lipinski definition) is 1. The third-order valence-electron chi connectivity index (χ3n) is 1.53. The lowest BCUT2D eigenvalue weighted by molar-refractivity contribution is 0.281. The van der Waals surface area contributed by atoms with Gasteiger partial charge in [0.25, 0.3) is 0 Å². The molecule has 0 aromatic heterocycles. The van der Waals surface area contributed by atoms with Crippen LogP contribution in [0.25, 0.3) is 0 Å². The molecule has 0 saturated heterocycles. The summed E-state index contributed by atoms with van der Waals surface area (Å²) in [7, 11) is 0. The fourth-order valence-electron chi connectivity index (χ4n) is 0.986. The summed E-state index contributed by atoms with van der Waals surface area (Å²) in [5.41, 5.74) is 0.849. The maximum Gasteiger partial charge on any atom is 0.147 e. The van der Waals surface area contributed by atoms with E-state index in [4.69, 9.17) is 9.84 Å². The molecule has 0 fully saturated rings. The minimum Gasteiger partial charge on any atom is -0.492 e. The molecule has 0 aliphatic carbocycles. The fourth-order valence-corrected chi connectivity index (χ4v) is 2.50. The molecule has 0 unspecified atom stereocenters. The van der Waals surface area contributed by atoms with E-state index in [1.165, 1.54) is 0 Å². The highest BCUT2D eigenvalue weighted by molar-refractivity contribution is 9.11. The monoisotopic (exact) mass is 308 g/mol. The van der Waals surface area contributed by atoms with Crippen LogP contribution in [0.2, 0.25) is 0 Å². The third-order valence-corrected chi connectivity index (χ3v) is 2.71. The smallest absolute Gasteiger partial charge is 0.147 e. The number of ether oxygens (including phenoxy) is 1. The van der Waals surface area contributed by atoms with Gasteiger partial charge in [-0.15, -0.1) is 0 Å². The van der Waals surface area contributed by atoms with Crippen LogP contribution in [0.15, 0.2) is 21.1 Å². The van der Waals surface area contributed by atoms with E-state index in [0.29, 0.717) is 6.61 Å². The zero-order valence-electron chi connectivity index (χ0n) is 7.18. The second kappa shape index (κ2) is 4.98. The Morgan fingerprint density at radius 2 is 1.85 bits per heavy atom. The molecule has 1 N–H and O–H groups in total. The van der Waals surface area contributed by atoms with Crippen LogP contribution in [0.1, 0.15) is 12.5 Å². The molecule has 72 valence electrons. The van der Waals surface area contributed by atoms with Crippen molar-refractivity contribution < 1.29 is 9.84 Å². The van der Waals surface area contributed by atoms with E-state index >= 15 is 0 Å². The van der Waals surface area contributed by atoms with Crippen molar-refractivity contribution in [2.75, 3.05) is 6.61 Å². The number of hydrogen-bond acceptors (Lipinski definition) is 2. The van der Waals surface area contributed by atoms with Crippen LogP contribution < -0.4 is 4.74 Å². The summed E-state index contributed by atoms with van der Waals surface area (Å²) in [6.07, 6.45) is 0. The second-order valence-electron chi connectivity index (χ2n) is 2.48. The first-order chi connectivity index (χ1) is 6.19. The number of benzene rings is 1. The molecular weight excluding hydrogens is 300 g/mol. The summed E-state index contributed by atoms with van der Waals surface area (Å²) in [5, 5.41) is 8.92. The van der Waals surface area contributed by atoms with E-state index in [2.05, 4.69) is 31.9 Å². The molecule has 1 rings (SSSR count). The zero-order valence-corrected chi connectivity index (χ0v) is 10.4. The molecule has 0 spiro atoms. The SMILES string of the molecule is CCOc1c(Br)cc(CO)cc1Br. The Morgan fingerprint density at radius 3 is 2.23 bits per heavy atom. The maximum atomic E-state index is 8.92. The first kappa shape index (κ1) is 11.0.